The molecule has 1 fully saturated rings. The van der Waals surface area contributed by atoms with E-state index < -0.39 is 13.2 Å². The molecule has 0 saturated carbocycles. The zero-order chi connectivity index (χ0) is 15.8. The summed E-state index contributed by atoms with van der Waals surface area (Å²) < 4.78 is 46.5. The van der Waals surface area contributed by atoms with E-state index in [9.17, 15) is 0 Å². The fraction of sp³-hybridized carbons (Fsp3) is 0.714. The largest absolute Gasteiger partial charge is 0.353 e. The predicted molar refractivity (Wildman–Crippen MR) is 64.6 cm³/mol. The molecule has 0 aromatic heterocycles. The van der Waals surface area contributed by atoms with Crippen LogP contribution in [-0.2, 0) is 9.47 Å². The van der Waals surface area contributed by atoms with Gasteiger partial charge in [-0.2, -0.15) is 0 Å². The van der Waals surface area contributed by atoms with Crippen molar-refractivity contribution in [3.05, 3.63) is 0 Å². The molecule has 1 heterocycles. The molecule has 0 N–H and O–H groups in total. The standard InChI is InChI=1S/C14H20O2/c1-2-3-4-5-6-7-9-12-15-14-11-8-10-13-16-14/h14H,2,5,8-13H2,1H3/i1D3,2D2. The van der Waals surface area contributed by atoms with Crippen molar-refractivity contribution < 1.29 is 16.3 Å². The fourth-order valence-electron chi connectivity index (χ4n) is 1.37. The van der Waals surface area contributed by atoms with Crippen LogP contribution in [0.3, 0.4) is 0 Å². The third kappa shape index (κ3) is 6.51. The Hall–Kier alpha value is -0.960. The van der Waals surface area contributed by atoms with Gasteiger partial charge in [0.2, 0.25) is 0 Å². The van der Waals surface area contributed by atoms with Gasteiger partial charge in [0.15, 0.2) is 6.29 Å². The van der Waals surface area contributed by atoms with Crippen molar-refractivity contribution in [2.24, 2.45) is 0 Å². The normalized spacial score (nSPS) is 25.5. The van der Waals surface area contributed by atoms with E-state index in [1.807, 2.05) is 0 Å². The second-order valence-electron chi connectivity index (χ2n) is 3.37. The Balaban J connectivity index is 2.19. The summed E-state index contributed by atoms with van der Waals surface area (Å²) in [6, 6.07) is 0. The van der Waals surface area contributed by atoms with Crippen LogP contribution in [0, 0.1) is 23.7 Å². The van der Waals surface area contributed by atoms with E-state index >= 15 is 0 Å². The van der Waals surface area contributed by atoms with Crippen molar-refractivity contribution in [2.45, 2.75) is 51.6 Å². The van der Waals surface area contributed by atoms with Crippen LogP contribution < -0.4 is 0 Å². The van der Waals surface area contributed by atoms with Gasteiger partial charge in [-0.05, 0) is 19.3 Å². The Kier molecular flexibility index (Phi) is 4.28. The minimum absolute atomic E-state index is 0.119. The maximum Gasteiger partial charge on any atom is 0.157 e. The average molecular weight is 225 g/mol. The number of rotatable bonds is 3. The van der Waals surface area contributed by atoms with Crippen LogP contribution in [-0.4, -0.2) is 19.5 Å². The molecular weight excluding hydrogens is 200 g/mol. The van der Waals surface area contributed by atoms with Gasteiger partial charge in [-0.1, -0.05) is 24.6 Å². The maximum absolute atomic E-state index is 7.29. The highest BCUT2D eigenvalue weighted by molar-refractivity contribution is 5.11. The van der Waals surface area contributed by atoms with Crippen LogP contribution in [0.25, 0.3) is 0 Å². The lowest BCUT2D eigenvalue weighted by molar-refractivity contribution is -0.161. The molecule has 1 rings (SSSR count). The first kappa shape index (κ1) is 7.38. The Morgan fingerprint density at radius 1 is 1.38 bits per heavy atom. The summed E-state index contributed by atoms with van der Waals surface area (Å²) >= 11 is 0. The molecule has 88 valence electrons. The number of hydrogen-bond acceptors (Lipinski definition) is 2. The molecule has 16 heavy (non-hydrogen) atoms. The van der Waals surface area contributed by atoms with Crippen LogP contribution in [0.5, 0.6) is 0 Å². The second-order valence-corrected chi connectivity index (χ2v) is 3.37. The first-order chi connectivity index (χ1) is 9.83. The molecule has 0 aromatic rings. The van der Waals surface area contributed by atoms with E-state index in [2.05, 4.69) is 23.7 Å². The van der Waals surface area contributed by atoms with Crippen LogP contribution in [0.15, 0.2) is 0 Å². The van der Waals surface area contributed by atoms with Crippen LogP contribution >= 0.6 is 0 Å². The Labute approximate surface area is 106 Å². The van der Waals surface area contributed by atoms with Gasteiger partial charge in [0, 0.05) is 26.3 Å². The molecule has 0 aromatic carbocycles. The fourth-order valence-corrected chi connectivity index (χ4v) is 1.37. The summed E-state index contributed by atoms with van der Waals surface area (Å²) in [4.78, 5) is 0. The zero-order valence-corrected chi connectivity index (χ0v) is 9.34. The Morgan fingerprint density at radius 3 is 3.12 bits per heavy atom. The monoisotopic (exact) mass is 225 g/mol. The highest BCUT2D eigenvalue weighted by Crippen LogP contribution is 2.13. The summed E-state index contributed by atoms with van der Waals surface area (Å²) in [6.45, 7) is -1.50. The van der Waals surface area contributed by atoms with E-state index in [1.165, 1.54) is 0 Å². The van der Waals surface area contributed by atoms with Crippen LogP contribution in [0.1, 0.15) is 52.2 Å². The second kappa shape index (κ2) is 9.28. The van der Waals surface area contributed by atoms with Crippen molar-refractivity contribution in [2.75, 3.05) is 13.2 Å². The van der Waals surface area contributed by atoms with Gasteiger partial charge >= 0.3 is 0 Å². The van der Waals surface area contributed by atoms with Gasteiger partial charge < -0.3 is 9.47 Å². The maximum atomic E-state index is 7.29. The van der Waals surface area contributed by atoms with Crippen LogP contribution in [0.2, 0.25) is 0 Å². The summed E-state index contributed by atoms with van der Waals surface area (Å²) in [5.41, 5.74) is 0. The first-order valence-electron chi connectivity index (χ1n) is 8.02. The SMILES string of the molecule is [2H]C([2H])([2H])C([2H])([2H])C#CCC#CCCOC1CCCCO1. The Morgan fingerprint density at radius 2 is 2.31 bits per heavy atom. The summed E-state index contributed by atoms with van der Waals surface area (Å²) in [5, 5.41) is 0. The third-order valence-electron chi connectivity index (χ3n) is 2.12. The molecule has 0 spiro atoms. The minimum Gasteiger partial charge on any atom is -0.353 e. The molecule has 1 unspecified atom stereocenters. The molecule has 0 amide bonds. The minimum atomic E-state index is -2.73. The summed E-state index contributed by atoms with van der Waals surface area (Å²) in [6.07, 6.45) is 1.22. The van der Waals surface area contributed by atoms with E-state index in [-0.39, 0.29) is 12.7 Å². The smallest absolute Gasteiger partial charge is 0.157 e. The molecule has 1 atom stereocenters. The van der Waals surface area contributed by atoms with Gasteiger partial charge in [-0.3, -0.25) is 0 Å². The summed E-state index contributed by atoms with van der Waals surface area (Å²) in [7, 11) is 0. The molecule has 2 nitrogen and oxygen atoms in total. The van der Waals surface area contributed by atoms with Gasteiger partial charge in [0.25, 0.3) is 0 Å². The third-order valence-corrected chi connectivity index (χ3v) is 2.12. The van der Waals surface area contributed by atoms with E-state index in [0.717, 1.165) is 25.9 Å². The van der Waals surface area contributed by atoms with Crippen molar-refractivity contribution in [3.63, 3.8) is 0 Å². The average Bonchev–Trinajstić information content (AvgIpc) is 2.41. The molecule has 0 aliphatic carbocycles. The van der Waals surface area contributed by atoms with Gasteiger partial charge in [0.05, 0.1) is 13.0 Å². The lowest BCUT2D eigenvalue weighted by Crippen LogP contribution is -2.22. The molecule has 1 saturated heterocycles. The lowest BCUT2D eigenvalue weighted by Gasteiger charge is -2.22. The predicted octanol–water partition coefficient (Wildman–Crippen LogP) is 2.73. The van der Waals surface area contributed by atoms with Crippen molar-refractivity contribution in [3.8, 4) is 23.7 Å². The first-order valence-corrected chi connectivity index (χ1v) is 5.52. The lowest BCUT2D eigenvalue weighted by atomic mass is 10.2. The highest BCUT2D eigenvalue weighted by atomic mass is 16.7. The Bertz CT molecular complexity index is 430. The quantitative estimate of drug-likeness (QED) is 0.543. The van der Waals surface area contributed by atoms with Crippen LogP contribution in [0.4, 0.5) is 0 Å². The van der Waals surface area contributed by atoms with Gasteiger partial charge in [-0.15, -0.1) is 5.92 Å². The molecule has 0 radical (unpaired) electrons. The van der Waals surface area contributed by atoms with E-state index in [1.54, 1.807) is 0 Å². The van der Waals surface area contributed by atoms with Crippen molar-refractivity contribution in [1.82, 2.24) is 0 Å². The highest BCUT2D eigenvalue weighted by Gasteiger charge is 2.12. The molecule has 1 aliphatic heterocycles. The topological polar surface area (TPSA) is 18.5 Å². The van der Waals surface area contributed by atoms with E-state index in [4.69, 9.17) is 16.3 Å². The number of ether oxygens (including phenoxy) is 2. The molecule has 0 bridgehead atoms. The van der Waals surface area contributed by atoms with Gasteiger partial charge in [0.1, 0.15) is 0 Å². The summed E-state index contributed by atoms with van der Waals surface area (Å²) in [5.74, 6) is 10.2. The molecule has 2 heteroatoms. The van der Waals surface area contributed by atoms with Crippen molar-refractivity contribution in [1.29, 1.82) is 0 Å². The van der Waals surface area contributed by atoms with Gasteiger partial charge in [-0.25, -0.2) is 0 Å². The number of hydrogen-bond donors (Lipinski definition) is 0. The zero-order valence-electron chi connectivity index (χ0n) is 14.3. The molecular formula is C14H20O2. The van der Waals surface area contributed by atoms with Crippen molar-refractivity contribution >= 4 is 0 Å². The molecule has 1 aliphatic rings. The van der Waals surface area contributed by atoms with E-state index in [0.29, 0.717) is 13.0 Å².